The van der Waals surface area contributed by atoms with Gasteiger partial charge in [0.2, 0.25) is 5.88 Å². The summed E-state index contributed by atoms with van der Waals surface area (Å²) in [6, 6.07) is 3.42. The molecule has 3 heterocycles. The van der Waals surface area contributed by atoms with Crippen LogP contribution in [0, 0.1) is 6.92 Å². The number of ether oxygens (including phenoxy) is 2. The minimum Gasteiger partial charge on any atom is -0.487 e. The second-order valence-electron chi connectivity index (χ2n) is 5.05. The smallest absolute Gasteiger partial charge is 0.213 e. The Balaban J connectivity index is 1.91. The van der Waals surface area contributed by atoms with Gasteiger partial charge in [0.1, 0.15) is 12.4 Å². The van der Waals surface area contributed by atoms with Gasteiger partial charge in [-0.15, -0.1) is 0 Å². The predicted octanol–water partition coefficient (Wildman–Crippen LogP) is 2.07. The highest BCUT2D eigenvalue weighted by molar-refractivity contribution is 5.82. The van der Waals surface area contributed by atoms with Crippen LogP contribution < -0.4 is 9.47 Å². The van der Waals surface area contributed by atoms with Gasteiger partial charge >= 0.3 is 0 Å². The largest absolute Gasteiger partial charge is 0.487 e. The lowest BCUT2D eigenvalue weighted by molar-refractivity contribution is 0.111. The number of carbonyl (C=O) groups excluding carboxylic acids is 1. The van der Waals surface area contributed by atoms with E-state index in [9.17, 15) is 4.79 Å². The van der Waals surface area contributed by atoms with E-state index in [1.54, 1.807) is 16.9 Å². The molecule has 3 aromatic heterocycles. The van der Waals surface area contributed by atoms with Gasteiger partial charge in [-0.25, -0.2) is 9.97 Å². The molecule has 0 fully saturated rings. The van der Waals surface area contributed by atoms with Crippen LogP contribution in [0.3, 0.4) is 0 Å². The number of aromatic nitrogens is 4. The van der Waals surface area contributed by atoms with Crippen LogP contribution in [0.1, 0.15) is 21.6 Å². The quantitative estimate of drug-likeness (QED) is 0.671. The minimum atomic E-state index is 0.292. The average molecular weight is 312 g/mol. The molecule has 0 atom stereocenters. The van der Waals surface area contributed by atoms with Gasteiger partial charge in [-0.3, -0.25) is 9.48 Å². The van der Waals surface area contributed by atoms with Crippen LogP contribution in [0.2, 0.25) is 0 Å². The van der Waals surface area contributed by atoms with Crippen LogP contribution in [-0.2, 0) is 13.7 Å². The van der Waals surface area contributed by atoms with E-state index < -0.39 is 0 Å². The molecule has 3 rings (SSSR count). The van der Waals surface area contributed by atoms with Gasteiger partial charge in [0, 0.05) is 30.3 Å². The first kappa shape index (κ1) is 15.0. The van der Waals surface area contributed by atoms with Crippen molar-refractivity contribution in [3.8, 4) is 11.6 Å². The Hall–Kier alpha value is -2.96. The summed E-state index contributed by atoms with van der Waals surface area (Å²) < 4.78 is 12.5. The molecule has 0 unspecified atom stereocenters. The van der Waals surface area contributed by atoms with E-state index in [0.717, 1.165) is 28.6 Å². The van der Waals surface area contributed by atoms with Crippen molar-refractivity contribution in [2.45, 2.75) is 13.5 Å². The number of aldehydes is 1. The van der Waals surface area contributed by atoms with Crippen molar-refractivity contribution < 1.29 is 14.3 Å². The monoisotopic (exact) mass is 312 g/mol. The maximum atomic E-state index is 11.2. The van der Waals surface area contributed by atoms with Gasteiger partial charge in [0.15, 0.2) is 11.9 Å². The van der Waals surface area contributed by atoms with E-state index in [0.29, 0.717) is 23.8 Å². The van der Waals surface area contributed by atoms with Gasteiger partial charge in [-0.1, -0.05) is 0 Å². The fourth-order valence-corrected chi connectivity index (χ4v) is 2.49. The van der Waals surface area contributed by atoms with Crippen LogP contribution in [0.15, 0.2) is 24.5 Å². The van der Waals surface area contributed by atoms with Crippen LogP contribution >= 0.6 is 0 Å². The van der Waals surface area contributed by atoms with E-state index >= 15 is 0 Å². The molecule has 0 aliphatic heterocycles. The van der Waals surface area contributed by atoms with Crippen molar-refractivity contribution in [3.05, 3.63) is 41.3 Å². The Morgan fingerprint density at radius 1 is 1.35 bits per heavy atom. The summed E-state index contributed by atoms with van der Waals surface area (Å²) in [5, 5.41) is 5.34. The highest BCUT2D eigenvalue weighted by Gasteiger charge is 2.12. The van der Waals surface area contributed by atoms with Crippen LogP contribution in [-0.4, -0.2) is 33.1 Å². The van der Waals surface area contributed by atoms with E-state index in [1.165, 1.54) is 13.3 Å². The second-order valence-corrected chi connectivity index (χ2v) is 5.05. The second kappa shape index (κ2) is 6.04. The molecule has 3 aromatic rings. The molecule has 0 aliphatic rings. The molecule has 0 radical (unpaired) electrons. The SMILES string of the molecule is COc1cc(C=O)c(OCc2ccnc3c2c(C)nn3C)cn1. The van der Waals surface area contributed by atoms with Gasteiger partial charge in [0.05, 0.1) is 24.6 Å². The summed E-state index contributed by atoms with van der Waals surface area (Å²) in [6.07, 6.45) is 3.92. The summed E-state index contributed by atoms with van der Waals surface area (Å²) in [7, 11) is 3.35. The zero-order chi connectivity index (χ0) is 16.4. The predicted molar refractivity (Wildman–Crippen MR) is 83.8 cm³/mol. The molecule has 7 heteroatoms. The summed E-state index contributed by atoms with van der Waals surface area (Å²) in [4.78, 5) is 19.6. The van der Waals surface area contributed by atoms with Gasteiger partial charge in [-0.05, 0) is 13.0 Å². The zero-order valence-corrected chi connectivity index (χ0v) is 13.1. The molecule has 0 amide bonds. The fraction of sp³-hybridized carbons (Fsp3) is 0.250. The standard InChI is InChI=1S/C16H16N4O3/c1-10-15-11(4-5-17-16(15)20(2)19-10)9-23-13-7-18-14(22-3)6-12(13)8-21/h4-8H,9H2,1-3H3. The first-order valence-electron chi connectivity index (χ1n) is 7.03. The minimum absolute atomic E-state index is 0.292. The van der Waals surface area contributed by atoms with Crippen LogP contribution in [0.4, 0.5) is 0 Å². The number of hydrogen-bond donors (Lipinski definition) is 0. The highest BCUT2D eigenvalue weighted by atomic mass is 16.5. The summed E-state index contributed by atoms with van der Waals surface area (Å²) in [5.74, 6) is 0.779. The highest BCUT2D eigenvalue weighted by Crippen LogP contribution is 2.24. The Kier molecular flexibility index (Phi) is 3.92. The fourth-order valence-electron chi connectivity index (χ4n) is 2.49. The molecular weight excluding hydrogens is 296 g/mol. The average Bonchev–Trinajstić information content (AvgIpc) is 2.87. The molecule has 0 saturated heterocycles. The van der Waals surface area contributed by atoms with E-state index in [2.05, 4.69) is 15.1 Å². The Labute approximate surface area is 132 Å². The summed E-state index contributed by atoms with van der Waals surface area (Å²) in [5.41, 5.74) is 3.03. The molecule has 0 aliphatic carbocycles. The third kappa shape index (κ3) is 2.73. The maximum absolute atomic E-state index is 11.2. The lowest BCUT2D eigenvalue weighted by atomic mass is 10.1. The number of pyridine rings is 2. The molecule has 0 aromatic carbocycles. The van der Waals surface area contributed by atoms with Crippen molar-refractivity contribution >= 4 is 17.3 Å². The third-order valence-corrected chi connectivity index (χ3v) is 3.58. The van der Waals surface area contributed by atoms with Crippen molar-refractivity contribution in [1.29, 1.82) is 0 Å². The molecule has 0 N–H and O–H groups in total. The molecule has 23 heavy (non-hydrogen) atoms. The summed E-state index contributed by atoms with van der Waals surface area (Å²) in [6.45, 7) is 2.22. The lowest BCUT2D eigenvalue weighted by Crippen LogP contribution is -2.01. The van der Waals surface area contributed by atoms with E-state index in [4.69, 9.17) is 9.47 Å². The molecule has 0 bridgehead atoms. The van der Waals surface area contributed by atoms with Crippen LogP contribution in [0.25, 0.3) is 11.0 Å². The lowest BCUT2D eigenvalue weighted by Gasteiger charge is -2.10. The molecule has 118 valence electrons. The Bertz CT molecular complexity index is 873. The van der Waals surface area contributed by atoms with Crippen LogP contribution in [0.5, 0.6) is 11.6 Å². The Morgan fingerprint density at radius 2 is 2.17 bits per heavy atom. The van der Waals surface area contributed by atoms with E-state index in [-0.39, 0.29) is 0 Å². The molecular formula is C16H16N4O3. The maximum Gasteiger partial charge on any atom is 0.213 e. The summed E-state index contributed by atoms with van der Waals surface area (Å²) >= 11 is 0. The number of carbonyl (C=O) groups is 1. The topological polar surface area (TPSA) is 79.1 Å². The number of fused-ring (bicyclic) bond motifs is 1. The molecule has 7 nitrogen and oxygen atoms in total. The zero-order valence-electron chi connectivity index (χ0n) is 13.1. The number of rotatable bonds is 5. The molecule has 0 saturated carbocycles. The van der Waals surface area contributed by atoms with Crippen molar-refractivity contribution in [1.82, 2.24) is 19.7 Å². The third-order valence-electron chi connectivity index (χ3n) is 3.58. The number of methoxy groups -OCH3 is 1. The first-order valence-corrected chi connectivity index (χ1v) is 7.03. The normalized spacial score (nSPS) is 10.7. The number of aryl methyl sites for hydroxylation is 2. The van der Waals surface area contributed by atoms with Gasteiger partial charge in [-0.2, -0.15) is 5.10 Å². The number of nitrogens with zero attached hydrogens (tertiary/aromatic N) is 4. The van der Waals surface area contributed by atoms with Gasteiger partial charge < -0.3 is 9.47 Å². The number of hydrogen-bond acceptors (Lipinski definition) is 6. The van der Waals surface area contributed by atoms with E-state index in [1.807, 2.05) is 20.0 Å². The van der Waals surface area contributed by atoms with Crippen molar-refractivity contribution in [2.75, 3.05) is 7.11 Å². The van der Waals surface area contributed by atoms with Gasteiger partial charge in [0.25, 0.3) is 0 Å². The Morgan fingerprint density at radius 3 is 2.91 bits per heavy atom. The first-order chi connectivity index (χ1) is 11.1. The van der Waals surface area contributed by atoms with Crippen molar-refractivity contribution in [2.24, 2.45) is 7.05 Å². The molecule has 0 spiro atoms. The van der Waals surface area contributed by atoms with Crippen molar-refractivity contribution in [3.63, 3.8) is 0 Å².